The number of rotatable bonds is 5. The smallest absolute Gasteiger partial charge is 0.186 e. The molecule has 0 radical (unpaired) electrons. The summed E-state index contributed by atoms with van der Waals surface area (Å²) in [7, 11) is 0. The van der Waals surface area contributed by atoms with Crippen molar-refractivity contribution < 1.29 is 4.79 Å². The quantitative estimate of drug-likeness (QED) is 0.376. The molecule has 0 spiro atoms. The zero-order valence-electron chi connectivity index (χ0n) is 11.5. The largest absolute Gasteiger partial charge is 0.289 e. The lowest BCUT2D eigenvalue weighted by atomic mass is 10.1. The van der Waals surface area contributed by atoms with E-state index in [0.717, 1.165) is 11.3 Å². The maximum atomic E-state index is 12.0. The van der Waals surface area contributed by atoms with Crippen LogP contribution >= 0.6 is 35.0 Å². The van der Waals surface area contributed by atoms with Gasteiger partial charge in [0, 0.05) is 10.5 Å². The normalized spacial score (nSPS) is 11.0. The number of hydrogen-bond donors (Lipinski definition) is 0. The Morgan fingerprint density at radius 2 is 1.71 bits per heavy atom. The topological polar surface area (TPSA) is 17.1 Å². The molecular formula is C17H14Cl2OS. The van der Waals surface area contributed by atoms with Crippen LogP contribution in [0.15, 0.2) is 58.8 Å². The second-order valence-electron chi connectivity index (χ2n) is 4.39. The van der Waals surface area contributed by atoms with Gasteiger partial charge < -0.3 is 0 Å². The van der Waals surface area contributed by atoms with Crippen LogP contribution in [0, 0.1) is 0 Å². The molecule has 0 N–H and O–H groups in total. The standard InChI is InChI=1S/C17H14Cl2OS/c1-2-12-6-8-13(9-7-12)16(20)10-11-21-17-14(18)4-3-5-15(17)19/h3-11H,2H2,1H3. The number of hydrogen-bond acceptors (Lipinski definition) is 2. The van der Waals surface area contributed by atoms with E-state index in [4.69, 9.17) is 23.2 Å². The van der Waals surface area contributed by atoms with Crippen LogP contribution in [0.4, 0.5) is 0 Å². The second-order valence-corrected chi connectivity index (χ2v) is 6.12. The third-order valence-corrected chi connectivity index (χ3v) is 4.77. The van der Waals surface area contributed by atoms with Crippen LogP contribution in [0.2, 0.25) is 10.0 Å². The molecule has 0 unspecified atom stereocenters. The van der Waals surface area contributed by atoms with E-state index in [2.05, 4.69) is 6.92 Å². The minimum atomic E-state index is -0.0340. The minimum absolute atomic E-state index is 0.0340. The maximum absolute atomic E-state index is 12.0. The van der Waals surface area contributed by atoms with E-state index in [1.807, 2.05) is 24.3 Å². The van der Waals surface area contributed by atoms with Crippen LogP contribution in [-0.4, -0.2) is 5.78 Å². The van der Waals surface area contributed by atoms with Gasteiger partial charge in [0.2, 0.25) is 0 Å². The predicted molar refractivity (Wildman–Crippen MR) is 91.6 cm³/mol. The van der Waals surface area contributed by atoms with Crippen LogP contribution in [0.1, 0.15) is 22.8 Å². The van der Waals surface area contributed by atoms with Gasteiger partial charge in [-0.3, -0.25) is 4.79 Å². The molecule has 0 aliphatic heterocycles. The number of ketones is 1. The van der Waals surface area contributed by atoms with Gasteiger partial charge >= 0.3 is 0 Å². The van der Waals surface area contributed by atoms with Crippen molar-refractivity contribution in [3.63, 3.8) is 0 Å². The molecule has 1 nitrogen and oxygen atoms in total. The van der Waals surface area contributed by atoms with E-state index in [1.165, 1.54) is 23.4 Å². The summed E-state index contributed by atoms with van der Waals surface area (Å²) in [4.78, 5) is 12.8. The number of allylic oxidation sites excluding steroid dienone is 1. The summed E-state index contributed by atoms with van der Waals surface area (Å²) in [5.41, 5.74) is 1.89. The molecule has 0 heterocycles. The van der Waals surface area contributed by atoms with Gasteiger partial charge in [-0.05, 0) is 35.6 Å². The summed E-state index contributed by atoms with van der Waals surface area (Å²) < 4.78 is 0. The summed E-state index contributed by atoms with van der Waals surface area (Å²) in [6, 6.07) is 13.0. The first-order valence-electron chi connectivity index (χ1n) is 6.52. The molecule has 0 bridgehead atoms. The van der Waals surface area contributed by atoms with Crippen molar-refractivity contribution in [3.8, 4) is 0 Å². The Bertz CT molecular complexity index is 643. The molecule has 0 saturated carbocycles. The average Bonchev–Trinajstić information content (AvgIpc) is 2.50. The van der Waals surface area contributed by atoms with Crippen molar-refractivity contribution in [3.05, 3.63) is 75.1 Å². The number of carbonyl (C=O) groups is 1. The lowest BCUT2D eigenvalue weighted by molar-refractivity contribution is 0.104. The fourth-order valence-electron chi connectivity index (χ4n) is 1.76. The Hall–Kier alpha value is -1.22. The number of aryl methyl sites for hydroxylation is 1. The molecule has 0 atom stereocenters. The highest BCUT2D eigenvalue weighted by molar-refractivity contribution is 8.02. The zero-order valence-corrected chi connectivity index (χ0v) is 13.8. The summed E-state index contributed by atoms with van der Waals surface area (Å²) in [6.45, 7) is 2.08. The number of halogens is 2. The van der Waals surface area contributed by atoms with Gasteiger partial charge in [0.05, 0.1) is 10.0 Å². The van der Waals surface area contributed by atoms with E-state index in [0.29, 0.717) is 15.6 Å². The van der Waals surface area contributed by atoms with Gasteiger partial charge in [0.25, 0.3) is 0 Å². The molecule has 108 valence electrons. The fraction of sp³-hybridized carbons (Fsp3) is 0.118. The Morgan fingerprint density at radius 3 is 2.29 bits per heavy atom. The van der Waals surface area contributed by atoms with Crippen molar-refractivity contribution in [1.82, 2.24) is 0 Å². The summed E-state index contributed by atoms with van der Waals surface area (Å²) in [5, 5.41) is 2.87. The van der Waals surface area contributed by atoms with E-state index < -0.39 is 0 Å². The van der Waals surface area contributed by atoms with Crippen LogP contribution < -0.4 is 0 Å². The number of benzene rings is 2. The SMILES string of the molecule is CCc1ccc(C(=O)C=CSc2c(Cl)cccc2Cl)cc1. The molecule has 4 heteroatoms. The first-order chi connectivity index (χ1) is 10.1. The highest BCUT2D eigenvalue weighted by atomic mass is 35.5. The molecule has 21 heavy (non-hydrogen) atoms. The summed E-state index contributed by atoms with van der Waals surface area (Å²) in [5.74, 6) is -0.0340. The molecule has 0 amide bonds. The Balaban J connectivity index is 2.05. The first kappa shape index (κ1) is 16.2. The van der Waals surface area contributed by atoms with Gasteiger partial charge in [-0.2, -0.15) is 0 Å². The minimum Gasteiger partial charge on any atom is -0.289 e. The molecule has 0 aliphatic rings. The third-order valence-electron chi connectivity index (χ3n) is 2.97. The molecule has 0 saturated heterocycles. The Kier molecular flexibility index (Phi) is 5.92. The van der Waals surface area contributed by atoms with Gasteiger partial charge in [0.1, 0.15) is 0 Å². The highest BCUT2D eigenvalue weighted by Gasteiger charge is 2.05. The molecule has 0 aromatic heterocycles. The first-order valence-corrected chi connectivity index (χ1v) is 8.16. The Morgan fingerprint density at radius 1 is 1.10 bits per heavy atom. The van der Waals surface area contributed by atoms with Crippen LogP contribution in [0.5, 0.6) is 0 Å². The predicted octanol–water partition coefficient (Wildman–Crippen LogP) is 6.04. The van der Waals surface area contributed by atoms with Gasteiger partial charge in [0.15, 0.2) is 5.78 Å². The van der Waals surface area contributed by atoms with E-state index in [9.17, 15) is 4.79 Å². The maximum Gasteiger partial charge on any atom is 0.186 e. The summed E-state index contributed by atoms with van der Waals surface area (Å²) in [6.07, 6.45) is 2.50. The molecule has 0 aliphatic carbocycles. The molecular weight excluding hydrogens is 323 g/mol. The van der Waals surface area contributed by atoms with Crippen molar-refractivity contribution in [2.24, 2.45) is 0 Å². The molecule has 2 rings (SSSR count). The van der Waals surface area contributed by atoms with Gasteiger partial charge in [-0.15, -0.1) is 0 Å². The van der Waals surface area contributed by atoms with Crippen molar-refractivity contribution in [2.75, 3.05) is 0 Å². The number of thioether (sulfide) groups is 1. The average molecular weight is 337 g/mol. The monoisotopic (exact) mass is 336 g/mol. The van der Waals surface area contributed by atoms with E-state index in [1.54, 1.807) is 23.6 Å². The highest BCUT2D eigenvalue weighted by Crippen LogP contribution is 2.34. The van der Waals surface area contributed by atoms with E-state index >= 15 is 0 Å². The zero-order chi connectivity index (χ0) is 15.2. The van der Waals surface area contributed by atoms with Crippen LogP contribution in [-0.2, 0) is 6.42 Å². The molecule has 2 aromatic rings. The lowest BCUT2D eigenvalue weighted by Crippen LogP contribution is -1.94. The molecule has 2 aromatic carbocycles. The third kappa shape index (κ3) is 4.37. The summed E-state index contributed by atoms with van der Waals surface area (Å²) >= 11 is 13.5. The van der Waals surface area contributed by atoms with E-state index in [-0.39, 0.29) is 5.78 Å². The number of carbonyl (C=O) groups excluding carboxylic acids is 1. The van der Waals surface area contributed by atoms with Crippen molar-refractivity contribution in [1.29, 1.82) is 0 Å². The fourth-order valence-corrected chi connectivity index (χ4v) is 3.11. The van der Waals surface area contributed by atoms with Crippen molar-refractivity contribution in [2.45, 2.75) is 18.2 Å². The molecule has 0 fully saturated rings. The lowest BCUT2D eigenvalue weighted by Gasteiger charge is -2.02. The van der Waals surface area contributed by atoms with Crippen molar-refractivity contribution >= 4 is 40.7 Å². The van der Waals surface area contributed by atoms with Gasteiger partial charge in [-0.1, -0.05) is 72.2 Å². The second kappa shape index (κ2) is 7.69. The van der Waals surface area contributed by atoms with Gasteiger partial charge in [-0.25, -0.2) is 0 Å². The van der Waals surface area contributed by atoms with Crippen LogP contribution in [0.25, 0.3) is 0 Å². The Labute approximate surface area is 139 Å². The van der Waals surface area contributed by atoms with Crippen LogP contribution in [0.3, 0.4) is 0 Å².